The van der Waals surface area contributed by atoms with Gasteiger partial charge in [-0.1, -0.05) is 38.0 Å². The Morgan fingerprint density at radius 1 is 1.36 bits per heavy atom. The van der Waals surface area contributed by atoms with Crippen molar-refractivity contribution in [2.24, 2.45) is 0 Å². The van der Waals surface area contributed by atoms with Crippen molar-refractivity contribution in [2.75, 3.05) is 5.32 Å². The number of anilines is 1. The van der Waals surface area contributed by atoms with Crippen LogP contribution in [0.1, 0.15) is 73.5 Å². The van der Waals surface area contributed by atoms with Crippen LogP contribution in [0, 0.1) is 6.92 Å². The number of amides is 2. The maximum atomic E-state index is 13.6. The molecule has 1 aromatic heterocycles. The third-order valence-electron chi connectivity index (χ3n) is 6.35. The van der Waals surface area contributed by atoms with Gasteiger partial charge in [0.05, 0.1) is 17.2 Å². The van der Waals surface area contributed by atoms with Gasteiger partial charge in [0.25, 0.3) is 5.91 Å². The summed E-state index contributed by atoms with van der Waals surface area (Å²) in [5.41, 5.74) is 1.98. The fraction of sp³-hybridized carbons (Fsp3) is 0.500. The summed E-state index contributed by atoms with van der Waals surface area (Å²) >= 11 is 1.44. The van der Waals surface area contributed by atoms with Gasteiger partial charge in [0.1, 0.15) is 0 Å². The summed E-state index contributed by atoms with van der Waals surface area (Å²) in [5.74, 6) is -0.354. The van der Waals surface area contributed by atoms with Crippen LogP contribution in [0.2, 0.25) is 0 Å². The second kappa shape index (κ2) is 7.32. The molecule has 2 heterocycles. The Hall–Kier alpha value is -2.21. The van der Waals surface area contributed by atoms with Crippen molar-refractivity contribution in [3.63, 3.8) is 0 Å². The molecule has 0 unspecified atom stereocenters. The second-order valence-corrected chi connectivity index (χ2v) is 8.90. The molecule has 0 radical (unpaired) electrons. The lowest BCUT2D eigenvalue weighted by molar-refractivity contribution is -0.121. The molecule has 1 aliphatic carbocycles. The van der Waals surface area contributed by atoms with Crippen LogP contribution >= 0.6 is 11.3 Å². The van der Waals surface area contributed by atoms with Crippen molar-refractivity contribution in [2.45, 2.75) is 70.4 Å². The van der Waals surface area contributed by atoms with E-state index in [0.29, 0.717) is 10.7 Å². The van der Waals surface area contributed by atoms with Crippen LogP contribution in [0.5, 0.6) is 0 Å². The summed E-state index contributed by atoms with van der Waals surface area (Å²) in [5, 5.41) is 5.61. The second-order valence-electron chi connectivity index (χ2n) is 8.05. The zero-order valence-electron chi connectivity index (χ0n) is 16.7. The fourth-order valence-corrected chi connectivity index (χ4v) is 5.71. The molecule has 4 rings (SSSR count). The first-order valence-electron chi connectivity index (χ1n) is 10.1. The molecule has 28 heavy (non-hydrogen) atoms. The first kappa shape index (κ1) is 19.1. The number of benzene rings is 1. The highest BCUT2D eigenvalue weighted by molar-refractivity contribution is 7.13. The molecule has 5 nitrogen and oxygen atoms in total. The number of aryl methyl sites for hydroxylation is 1. The first-order chi connectivity index (χ1) is 13.5. The van der Waals surface area contributed by atoms with Gasteiger partial charge in [-0.3, -0.25) is 9.59 Å². The minimum atomic E-state index is -0.447. The van der Waals surface area contributed by atoms with Crippen LogP contribution in [0.3, 0.4) is 0 Å². The van der Waals surface area contributed by atoms with E-state index in [1.54, 1.807) is 0 Å². The Labute approximate surface area is 170 Å². The van der Waals surface area contributed by atoms with Crippen molar-refractivity contribution in [1.29, 1.82) is 0 Å². The molecular formula is C22H27N3O2S. The van der Waals surface area contributed by atoms with E-state index in [9.17, 15) is 9.59 Å². The summed E-state index contributed by atoms with van der Waals surface area (Å²) in [6, 6.07) is 7.73. The summed E-state index contributed by atoms with van der Waals surface area (Å²) in [6.45, 7) is 6.13. The van der Waals surface area contributed by atoms with Gasteiger partial charge in [-0.05, 0) is 44.7 Å². The van der Waals surface area contributed by atoms with Gasteiger partial charge >= 0.3 is 0 Å². The van der Waals surface area contributed by atoms with Gasteiger partial charge in [0.15, 0.2) is 5.13 Å². The van der Waals surface area contributed by atoms with E-state index in [2.05, 4.69) is 24.1 Å². The number of nitrogens with zero attached hydrogens (tertiary/aromatic N) is 2. The van der Waals surface area contributed by atoms with E-state index in [0.717, 1.165) is 43.4 Å². The lowest BCUT2D eigenvalue weighted by Gasteiger charge is -2.52. The average molecular weight is 398 g/mol. The number of hydrogen-bond donors (Lipinski definition) is 1. The number of carbonyl (C=O) groups is 2. The van der Waals surface area contributed by atoms with E-state index in [4.69, 9.17) is 0 Å². The van der Waals surface area contributed by atoms with E-state index >= 15 is 0 Å². The topological polar surface area (TPSA) is 62.3 Å². The predicted molar refractivity (Wildman–Crippen MR) is 112 cm³/mol. The van der Waals surface area contributed by atoms with Crippen LogP contribution < -0.4 is 5.32 Å². The average Bonchev–Trinajstić information content (AvgIpc) is 3.31. The van der Waals surface area contributed by atoms with E-state index < -0.39 is 5.54 Å². The number of thiazole rings is 1. The lowest BCUT2D eigenvalue weighted by atomic mass is 9.70. The molecule has 1 aromatic carbocycles. The van der Waals surface area contributed by atoms with Gasteiger partial charge in [0.2, 0.25) is 5.91 Å². The number of nitrogens with one attached hydrogen (secondary N) is 1. The Morgan fingerprint density at radius 3 is 2.71 bits per heavy atom. The molecule has 1 N–H and O–H groups in total. The molecule has 1 aliphatic heterocycles. The Bertz CT molecular complexity index is 901. The molecule has 0 bridgehead atoms. The zero-order chi connectivity index (χ0) is 19.9. The monoisotopic (exact) mass is 397 g/mol. The minimum absolute atomic E-state index is 0.0514. The molecule has 2 atom stereocenters. The highest BCUT2D eigenvalue weighted by atomic mass is 32.1. The molecular weight excluding hydrogens is 370 g/mol. The van der Waals surface area contributed by atoms with Crippen molar-refractivity contribution in [1.82, 2.24) is 9.88 Å². The number of rotatable bonds is 4. The predicted octanol–water partition coefficient (Wildman–Crippen LogP) is 4.74. The third kappa shape index (κ3) is 2.94. The summed E-state index contributed by atoms with van der Waals surface area (Å²) in [6.07, 6.45) is 4.69. The number of hydrogen-bond acceptors (Lipinski definition) is 4. The summed E-state index contributed by atoms with van der Waals surface area (Å²) in [4.78, 5) is 33.5. The molecule has 148 valence electrons. The number of aromatic nitrogens is 1. The third-order valence-corrected chi connectivity index (χ3v) is 7.23. The maximum Gasteiger partial charge on any atom is 0.254 e. The van der Waals surface area contributed by atoms with Crippen molar-refractivity contribution in [3.8, 4) is 0 Å². The smallest absolute Gasteiger partial charge is 0.254 e. The molecule has 2 amide bonds. The normalized spacial score (nSPS) is 21.6. The largest absolute Gasteiger partial charge is 0.329 e. The zero-order valence-corrected chi connectivity index (χ0v) is 17.5. The first-order valence-corrected chi connectivity index (χ1v) is 11.0. The van der Waals surface area contributed by atoms with E-state index in [1.165, 1.54) is 11.3 Å². The van der Waals surface area contributed by atoms with Crippen molar-refractivity contribution >= 4 is 28.3 Å². The molecule has 1 saturated carbocycles. The Balaban J connectivity index is 1.83. The van der Waals surface area contributed by atoms with Crippen molar-refractivity contribution in [3.05, 3.63) is 46.5 Å². The van der Waals surface area contributed by atoms with E-state index in [-0.39, 0.29) is 23.8 Å². The molecule has 1 spiro atoms. The Kier molecular flexibility index (Phi) is 5.00. The highest BCUT2D eigenvalue weighted by Gasteiger charge is 2.56. The summed E-state index contributed by atoms with van der Waals surface area (Å²) < 4.78 is 0. The lowest BCUT2D eigenvalue weighted by Crippen LogP contribution is -2.62. The summed E-state index contributed by atoms with van der Waals surface area (Å²) in [7, 11) is 0. The van der Waals surface area contributed by atoms with Crippen molar-refractivity contribution < 1.29 is 9.59 Å². The van der Waals surface area contributed by atoms with Gasteiger partial charge in [-0.25, -0.2) is 4.98 Å². The van der Waals surface area contributed by atoms with Crippen LogP contribution in [-0.4, -0.2) is 33.3 Å². The molecule has 0 saturated heterocycles. The van der Waals surface area contributed by atoms with Gasteiger partial charge in [-0.2, -0.15) is 0 Å². The van der Waals surface area contributed by atoms with Crippen LogP contribution in [0.4, 0.5) is 5.13 Å². The maximum absolute atomic E-state index is 13.6. The standard InChI is InChI=1S/C22H27N3O2S/c1-4-15(3)25-20(27)17-10-6-5-9-16(17)18(22(25)11-7-8-12-22)19(26)24-21-23-14(2)13-28-21/h5-6,9-10,13,15,18H,4,7-8,11-12H2,1-3H3,(H,23,24,26)/t15-,18+/m1/s1. The van der Waals surface area contributed by atoms with Gasteiger partial charge < -0.3 is 10.2 Å². The minimum Gasteiger partial charge on any atom is -0.329 e. The number of fused-ring (bicyclic) bond motifs is 1. The number of carbonyl (C=O) groups excluding carboxylic acids is 2. The molecule has 2 aliphatic rings. The highest BCUT2D eigenvalue weighted by Crippen LogP contribution is 2.51. The fourth-order valence-electron chi connectivity index (χ4n) is 5.02. The van der Waals surface area contributed by atoms with Crippen LogP contribution in [-0.2, 0) is 4.79 Å². The SMILES string of the molecule is CC[C@@H](C)N1C(=O)c2ccccc2[C@@H](C(=O)Nc2nc(C)cs2)C12CCCC2. The quantitative estimate of drug-likeness (QED) is 0.810. The molecule has 2 aromatic rings. The molecule has 1 fully saturated rings. The van der Waals surface area contributed by atoms with E-state index in [1.807, 2.05) is 41.5 Å². The van der Waals surface area contributed by atoms with Crippen LogP contribution in [0.15, 0.2) is 29.6 Å². The molecule has 6 heteroatoms. The Morgan fingerprint density at radius 2 is 2.07 bits per heavy atom. The van der Waals surface area contributed by atoms with Crippen LogP contribution in [0.25, 0.3) is 0 Å². The van der Waals surface area contributed by atoms with Gasteiger partial charge in [-0.15, -0.1) is 11.3 Å². The van der Waals surface area contributed by atoms with Gasteiger partial charge in [0, 0.05) is 17.0 Å².